The van der Waals surface area contributed by atoms with Gasteiger partial charge < -0.3 is 14.5 Å². The first kappa shape index (κ1) is 19.4. The molecule has 3 rings (SSSR count). The molecule has 7 nitrogen and oxygen atoms in total. The van der Waals surface area contributed by atoms with Crippen LogP contribution in [0, 0.1) is 10.1 Å². The molecule has 0 aliphatic carbocycles. The average Bonchev–Trinajstić information content (AvgIpc) is 3.13. The third-order valence-corrected chi connectivity index (χ3v) is 3.92. The van der Waals surface area contributed by atoms with E-state index in [0.29, 0.717) is 0 Å². The maximum atomic E-state index is 8.36. The zero-order valence-electron chi connectivity index (χ0n) is 14.7. The zero-order valence-corrected chi connectivity index (χ0v) is 14.7. The second-order valence-electron chi connectivity index (χ2n) is 5.78. The molecule has 0 aliphatic heterocycles. The number of ether oxygens (including phenoxy) is 1. The van der Waals surface area contributed by atoms with Gasteiger partial charge in [-0.3, -0.25) is 0 Å². The van der Waals surface area contributed by atoms with E-state index >= 15 is 0 Å². The fraction of sp³-hybridized carbons (Fsp3) is 0.316. The van der Waals surface area contributed by atoms with Crippen LogP contribution in [0.3, 0.4) is 0 Å². The summed E-state index contributed by atoms with van der Waals surface area (Å²) in [6, 6.07) is 14.9. The molecule has 138 valence electrons. The number of nitrogens with zero attached hydrogens (tertiary/aromatic N) is 3. The van der Waals surface area contributed by atoms with Crippen molar-refractivity contribution >= 4 is 10.8 Å². The lowest BCUT2D eigenvalue weighted by atomic mass is 10.00. The minimum atomic E-state index is -1.50. The third-order valence-electron chi connectivity index (χ3n) is 3.92. The van der Waals surface area contributed by atoms with Crippen LogP contribution in [0.15, 0.2) is 61.2 Å². The summed E-state index contributed by atoms with van der Waals surface area (Å²) < 4.78 is 8.28. The van der Waals surface area contributed by atoms with Gasteiger partial charge in [0.25, 0.3) is 5.09 Å². The molecule has 0 radical (unpaired) electrons. The first-order chi connectivity index (χ1) is 12.6. The fourth-order valence-corrected chi connectivity index (χ4v) is 2.73. The van der Waals surface area contributed by atoms with Gasteiger partial charge in [0.2, 0.25) is 0 Å². The molecule has 1 N–H and O–H groups in total. The lowest BCUT2D eigenvalue weighted by Crippen LogP contribution is -2.13. The Balaban J connectivity index is 0.000000552. The summed E-state index contributed by atoms with van der Waals surface area (Å²) in [6.45, 7) is 3.77. The summed E-state index contributed by atoms with van der Waals surface area (Å²) in [5.41, 5.74) is 1.25. The van der Waals surface area contributed by atoms with Crippen LogP contribution < -0.4 is 0 Å². The van der Waals surface area contributed by atoms with E-state index in [0.717, 1.165) is 26.0 Å². The van der Waals surface area contributed by atoms with Gasteiger partial charge in [-0.05, 0) is 22.8 Å². The number of hydrogen-bond donors (Lipinski definition) is 1. The van der Waals surface area contributed by atoms with Gasteiger partial charge in [0, 0.05) is 19.0 Å². The van der Waals surface area contributed by atoms with Crippen LogP contribution in [-0.4, -0.2) is 26.5 Å². The molecule has 3 aromatic rings. The molecule has 1 heterocycles. The van der Waals surface area contributed by atoms with Crippen LogP contribution in [-0.2, 0) is 11.3 Å². The van der Waals surface area contributed by atoms with Crippen LogP contribution in [0.5, 0.6) is 0 Å². The van der Waals surface area contributed by atoms with Crippen LogP contribution >= 0.6 is 0 Å². The molecule has 0 aliphatic rings. The Morgan fingerprint density at radius 2 is 2.00 bits per heavy atom. The largest absolute Gasteiger partial charge is 0.372 e. The van der Waals surface area contributed by atoms with Crippen LogP contribution in [0.25, 0.3) is 10.8 Å². The first-order valence-electron chi connectivity index (χ1n) is 8.50. The lowest BCUT2D eigenvalue weighted by molar-refractivity contribution is -0.742. The van der Waals surface area contributed by atoms with Crippen LogP contribution in [0.2, 0.25) is 0 Å². The van der Waals surface area contributed by atoms with Crippen molar-refractivity contribution in [2.24, 2.45) is 0 Å². The number of aromatic nitrogens is 2. The van der Waals surface area contributed by atoms with Gasteiger partial charge in [-0.1, -0.05) is 55.8 Å². The van der Waals surface area contributed by atoms with E-state index in [1.807, 2.05) is 18.7 Å². The molecule has 1 unspecified atom stereocenters. The van der Waals surface area contributed by atoms with Crippen molar-refractivity contribution in [1.82, 2.24) is 9.55 Å². The average molecular weight is 357 g/mol. The van der Waals surface area contributed by atoms with E-state index in [9.17, 15) is 0 Å². The number of fused-ring (bicyclic) bond motifs is 1. The number of imidazole rings is 1. The highest BCUT2D eigenvalue weighted by Crippen LogP contribution is 2.28. The summed E-state index contributed by atoms with van der Waals surface area (Å²) in [5, 5.41) is 16.2. The monoisotopic (exact) mass is 357 g/mol. The van der Waals surface area contributed by atoms with Crippen molar-refractivity contribution in [3.63, 3.8) is 0 Å². The van der Waals surface area contributed by atoms with Gasteiger partial charge in [0.05, 0.1) is 12.9 Å². The zero-order chi connectivity index (χ0) is 18.8. The Kier molecular flexibility index (Phi) is 7.57. The standard InChI is InChI=1S/C19H22N2O.HNO3/c1-2-3-13-22-19(14-21-12-11-20-15-21)18-10-6-8-16-7-4-5-9-17(16)18;2-1(3)4/h4-12,15,19H,2-3,13-14H2,1H3;(H,2,3,4). The number of benzene rings is 2. The van der Waals surface area contributed by atoms with Crippen LogP contribution in [0.1, 0.15) is 31.4 Å². The summed E-state index contributed by atoms with van der Waals surface area (Å²) >= 11 is 0. The van der Waals surface area contributed by atoms with Crippen molar-refractivity contribution < 1.29 is 15.0 Å². The Bertz CT molecular complexity index is 796. The number of rotatable bonds is 7. The van der Waals surface area contributed by atoms with Crippen molar-refractivity contribution in [3.8, 4) is 0 Å². The maximum Gasteiger partial charge on any atom is 0.291 e. The predicted molar refractivity (Wildman–Crippen MR) is 98.6 cm³/mol. The summed E-state index contributed by atoms with van der Waals surface area (Å²) in [6.07, 6.45) is 7.93. The quantitative estimate of drug-likeness (QED) is 0.388. The number of hydrogen-bond acceptors (Lipinski definition) is 4. The molecule has 0 fully saturated rings. The van der Waals surface area contributed by atoms with Gasteiger partial charge in [0.1, 0.15) is 6.10 Å². The summed E-state index contributed by atoms with van der Waals surface area (Å²) in [5.74, 6) is 0. The minimum Gasteiger partial charge on any atom is -0.372 e. The van der Waals surface area contributed by atoms with Gasteiger partial charge in [-0.15, -0.1) is 10.1 Å². The topological polar surface area (TPSA) is 90.4 Å². The summed E-state index contributed by atoms with van der Waals surface area (Å²) in [7, 11) is 0. The first-order valence-corrected chi connectivity index (χ1v) is 8.50. The van der Waals surface area contributed by atoms with Gasteiger partial charge >= 0.3 is 0 Å². The highest BCUT2D eigenvalue weighted by atomic mass is 16.9. The lowest BCUT2D eigenvalue weighted by Gasteiger charge is -2.20. The minimum absolute atomic E-state index is 0.0480. The van der Waals surface area contributed by atoms with Crippen molar-refractivity contribution in [3.05, 3.63) is 76.9 Å². The molecule has 2 aromatic carbocycles. The van der Waals surface area contributed by atoms with E-state index in [4.69, 9.17) is 20.1 Å². The Hall–Kier alpha value is -2.93. The van der Waals surface area contributed by atoms with E-state index in [1.165, 1.54) is 16.3 Å². The highest BCUT2D eigenvalue weighted by molar-refractivity contribution is 5.85. The molecule has 0 spiro atoms. The molecule has 0 amide bonds. The normalized spacial score (nSPS) is 11.6. The van der Waals surface area contributed by atoms with Gasteiger partial charge in [-0.2, -0.15) is 0 Å². The molecule has 1 aromatic heterocycles. The molecular formula is C19H23N3O4. The SMILES string of the molecule is CCCCOC(Cn1ccnc1)c1cccc2ccccc12.O=[N+]([O-])O. The van der Waals surface area contributed by atoms with Gasteiger partial charge in [0.15, 0.2) is 0 Å². The second kappa shape index (κ2) is 10.1. The van der Waals surface area contributed by atoms with Gasteiger partial charge in [-0.25, -0.2) is 4.98 Å². The van der Waals surface area contributed by atoms with Crippen molar-refractivity contribution in [2.75, 3.05) is 6.61 Å². The molecular weight excluding hydrogens is 334 g/mol. The van der Waals surface area contributed by atoms with E-state index in [-0.39, 0.29) is 6.10 Å². The smallest absolute Gasteiger partial charge is 0.291 e. The Labute approximate surface area is 152 Å². The van der Waals surface area contributed by atoms with Crippen LogP contribution in [0.4, 0.5) is 0 Å². The van der Waals surface area contributed by atoms with Crippen molar-refractivity contribution in [1.29, 1.82) is 0 Å². The summed E-state index contributed by atoms with van der Waals surface area (Å²) in [4.78, 5) is 12.5. The molecule has 1 atom stereocenters. The van der Waals surface area contributed by atoms with E-state index < -0.39 is 5.09 Å². The second-order valence-corrected chi connectivity index (χ2v) is 5.78. The fourth-order valence-electron chi connectivity index (χ4n) is 2.73. The van der Waals surface area contributed by atoms with E-state index in [1.54, 1.807) is 0 Å². The van der Waals surface area contributed by atoms with E-state index in [2.05, 4.69) is 58.9 Å². The molecule has 0 bridgehead atoms. The highest BCUT2D eigenvalue weighted by Gasteiger charge is 2.15. The Morgan fingerprint density at radius 3 is 2.69 bits per heavy atom. The predicted octanol–water partition coefficient (Wildman–Crippen LogP) is 4.25. The maximum absolute atomic E-state index is 8.36. The molecule has 7 heteroatoms. The third kappa shape index (κ3) is 5.86. The Morgan fingerprint density at radius 1 is 1.27 bits per heavy atom. The van der Waals surface area contributed by atoms with Crippen molar-refractivity contribution in [2.45, 2.75) is 32.4 Å². The molecule has 0 saturated heterocycles. The molecule has 26 heavy (non-hydrogen) atoms. The number of unbranched alkanes of at least 4 members (excludes halogenated alkanes) is 1. The molecule has 0 saturated carbocycles.